The van der Waals surface area contributed by atoms with Gasteiger partial charge in [0.05, 0.1) is 0 Å². The lowest BCUT2D eigenvalue weighted by Gasteiger charge is -2.07. The molecule has 0 fully saturated rings. The van der Waals surface area contributed by atoms with E-state index in [-0.39, 0.29) is 5.56 Å². The number of hydrogen-bond acceptors (Lipinski definition) is 3. The number of amides is 1. The lowest BCUT2D eigenvalue weighted by Crippen LogP contribution is -2.28. The van der Waals surface area contributed by atoms with Crippen LogP contribution in [0, 0.1) is 12.7 Å². The molecule has 0 spiro atoms. The zero-order valence-corrected chi connectivity index (χ0v) is 15.2. The Morgan fingerprint density at radius 3 is 2.76 bits per heavy atom. The molecule has 0 bridgehead atoms. The molecule has 1 amide bonds. The van der Waals surface area contributed by atoms with Gasteiger partial charge in [0.25, 0.3) is 5.91 Å². The van der Waals surface area contributed by atoms with Gasteiger partial charge in [-0.25, -0.2) is 9.18 Å². The summed E-state index contributed by atoms with van der Waals surface area (Å²) in [6.45, 7) is 1.92. The number of benzene rings is 2. The Morgan fingerprint density at radius 2 is 2.00 bits per heavy atom. The standard InChI is InChI=1S/C19H17BrFNO3/c1-13-4-2-3-5-15(13)11-22-18(23)12-25-19(24)9-6-14-10-16(20)7-8-17(14)21/h2-10H,11-12H2,1H3,(H,22,23)/b9-6+. The van der Waals surface area contributed by atoms with Crippen LogP contribution in [-0.2, 0) is 20.9 Å². The first-order valence-electron chi connectivity index (χ1n) is 7.57. The van der Waals surface area contributed by atoms with Crippen molar-refractivity contribution in [1.82, 2.24) is 5.32 Å². The van der Waals surface area contributed by atoms with E-state index in [0.717, 1.165) is 17.2 Å². The minimum atomic E-state index is -0.717. The van der Waals surface area contributed by atoms with E-state index in [1.165, 1.54) is 18.2 Å². The number of carbonyl (C=O) groups is 2. The van der Waals surface area contributed by atoms with Crippen molar-refractivity contribution in [2.45, 2.75) is 13.5 Å². The third kappa shape index (κ3) is 6.15. The van der Waals surface area contributed by atoms with Crippen LogP contribution in [0.2, 0.25) is 0 Å². The van der Waals surface area contributed by atoms with Gasteiger partial charge in [0.2, 0.25) is 0 Å². The second-order valence-corrected chi connectivity index (χ2v) is 6.23. The number of nitrogens with one attached hydrogen (secondary N) is 1. The van der Waals surface area contributed by atoms with E-state index in [4.69, 9.17) is 4.74 Å². The summed E-state index contributed by atoms with van der Waals surface area (Å²) in [4.78, 5) is 23.3. The molecule has 0 heterocycles. The first kappa shape index (κ1) is 18.9. The second kappa shape index (κ2) is 9.13. The summed E-state index contributed by atoms with van der Waals surface area (Å²) in [5.41, 5.74) is 2.31. The number of hydrogen-bond donors (Lipinski definition) is 1. The van der Waals surface area contributed by atoms with Gasteiger partial charge < -0.3 is 10.1 Å². The van der Waals surface area contributed by atoms with Crippen molar-refractivity contribution in [3.05, 3.63) is 75.5 Å². The van der Waals surface area contributed by atoms with E-state index in [1.54, 1.807) is 6.07 Å². The van der Waals surface area contributed by atoms with Gasteiger partial charge in [-0.05, 0) is 42.3 Å². The fourth-order valence-electron chi connectivity index (χ4n) is 2.04. The Labute approximate surface area is 153 Å². The molecular formula is C19H17BrFNO3. The number of rotatable bonds is 6. The summed E-state index contributed by atoms with van der Waals surface area (Å²) in [5.74, 6) is -1.58. The predicted molar refractivity (Wildman–Crippen MR) is 97.1 cm³/mol. The molecule has 2 aromatic carbocycles. The fraction of sp³-hybridized carbons (Fsp3) is 0.158. The Balaban J connectivity index is 1.79. The van der Waals surface area contributed by atoms with Crippen molar-refractivity contribution in [2.24, 2.45) is 0 Å². The Bertz CT molecular complexity index is 805. The van der Waals surface area contributed by atoms with Crippen molar-refractivity contribution in [2.75, 3.05) is 6.61 Å². The summed E-state index contributed by atoms with van der Waals surface area (Å²) >= 11 is 3.22. The summed E-state index contributed by atoms with van der Waals surface area (Å²) in [7, 11) is 0. The van der Waals surface area contributed by atoms with Gasteiger partial charge in [-0.15, -0.1) is 0 Å². The number of esters is 1. The third-order valence-electron chi connectivity index (χ3n) is 3.44. The predicted octanol–water partition coefficient (Wildman–Crippen LogP) is 3.77. The molecule has 0 aliphatic heterocycles. The molecule has 25 heavy (non-hydrogen) atoms. The maximum absolute atomic E-state index is 13.5. The third-order valence-corrected chi connectivity index (χ3v) is 3.93. The van der Waals surface area contributed by atoms with E-state index in [0.29, 0.717) is 11.0 Å². The van der Waals surface area contributed by atoms with Gasteiger partial charge in [-0.1, -0.05) is 40.2 Å². The summed E-state index contributed by atoms with van der Waals surface area (Å²) in [5, 5.41) is 2.68. The largest absolute Gasteiger partial charge is 0.452 e. The maximum atomic E-state index is 13.5. The monoisotopic (exact) mass is 405 g/mol. The summed E-state index contributed by atoms with van der Waals surface area (Å²) in [6, 6.07) is 12.1. The van der Waals surface area contributed by atoms with Gasteiger partial charge >= 0.3 is 5.97 Å². The van der Waals surface area contributed by atoms with Crippen LogP contribution in [-0.4, -0.2) is 18.5 Å². The lowest BCUT2D eigenvalue weighted by molar-refractivity contribution is -0.143. The SMILES string of the molecule is Cc1ccccc1CNC(=O)COC(=O)/C=C/c1cc(Br)ccc1F. The van der Waals surface area contributed by atoms with Crippen LogP contribution in [0.1, 0.15) is 16.7 Å². The highest BCUT2D eigenvalue weighted by atomic mass is 79.9. The molecule has 0 atom stereocenters. The summed E-state index contributed by atoms with van der Waals surface area (Å²) in [6.07, 6.45) is 2.38. The van der Waals surface area contributed by atoms with Crippen LogP contribution < -0.4 is 5.32 Å². The van der Waals surface area contributed by atoms with Crippen LogP contribution in [0.25, 0.3) is 6.08 Å². The normalized spacial score (nSPS) is 10.7. The first-order chi connectivity index (χ1) is 12.0. The van der Waals surface area contributed by atoms with E-state index >= 15 is 0 Å². The number of carbonyl (C=O) groups excluding carboxylic acids is 2. The summed E-state index contributed by atoms with van der Waals surface area (Å²) < 4.78 is 19.1. The minimum absolute atomic E-state index is 0.246. The lowest BCUT2D eigenvalue weighted by atomic mass is 10.1. The Hall–Kier alpha value is -2.47. The van der Waals surface area contributed by atoms with Crippen LogP contribution in [0.4, 0.5) is 4.39 Å². The van der Waals surface area contributed by atoms with Crippen molar-refractivity contribution in [3.63, 3.8) is 0 Å². The molecule has 1 N–H and O–H groups in total. The molecule has 130 valence electrons. The highest BCUT2D eigenvalue weighted by molar-refractivity contribution is 9.10. The van der Waals surface area contributed by atoms with Crippen molar-refractivity contribution in [1.29, 1.82) is 0 Å². The Morgan fingerprint density at radius 1 is 1.24 bits per heavy atom. The number of halogens is 2. The van der Waals surface area contributed by atoms with Gasteiger partial charge in [0.15, 0.2) is 6.61 Å². The molecule has 6 heteroatoms. The van der Waals surface area contributed by atoms with E-state index in [9.17, 15) is 14.0 Å². The van der Waals surface area contributed by atoms with Gasteiger partial charge in [-0.2, -0.15) is 0 Å². The van der Waals surface area contributed by atoms with Crippen LogP contribution in [0.3, 0.4) is 0 Å². The molecule has 4 nitrogen and oxygen atoms in total. The average molecular weight is 406 g/mol. The van der Waals surface area contributed by atoms with Crippen molar-refractivity contribution < 1.29 is 18.7 Å². The molecule has 0 saturated heterocycles. The van der Waals surface area contributed by atoms with Crippen LogP contribution >= 0.6 is 15.9 Å². The van der Waals surface area contributed by atoms with E-state index in [1.807, 2.05) is 31.2 Å². The van der Waals surface area contributed by atoms with E-state index < -0.39 is 24.3 Å². The quantitative estimate of drug-likeness (QED) is 0.587. The smallest absolute Gasteiger partial charge is 0.331 e. The minimum Gasteiger partial charge on any atom is -0.452 e. The zero-order chi connectivity index (χ0) is 18.2. The van der Waals surface area contributed by atoms with Gasteiger partial charge in [-0.3, -0.25) is 4.79 Å². The van der Waals surface area contributed by atoms with Crippen molar-refractivity contribution in [3.8, 4) is 0 Å². The highest BCUT2D eigenvalue weighted by Gasteiger charge is 2.06. The second-order valence-electron chi connectivity index (χ2n) is 5.31. The molecule has 0 unspecified atom stereocenters. The number of aryl methyl sites for hydroxylation is 1. The fourth-order valence-corrected chi connectivity index (χ4v) is 2.42. The van der Waals surface area contributed by atoms with E-state index in [2.05, 4.69) is 21.2 Å². The molecule has 2 rings (SSSR count). The van der Waals surface area contributed by atoms with Gasteiger partial charge in [0.1, 0.15) is 5.82 Å². The first-order valence-corrected chi connectivity index (χ1v) is 8.36. The van der Waals surface area contributed by atoms with Crippen molar-refractivity contribution >= 4 is 33.9 Å². The topological polar surface area (TPSA) is 55.4 Å². The highest BCUT2D eigenvalue weighted by Crippen LogP contribution is 2.16. The average Bonchev–Trinajstić information content (AvgIpc) is 2.60. The zero-order valence-electron chi connectivity index (χ0n) is 13.6. The molecular weight excluding hydrogens is 389 g/mol. The number of ether oxygens (including phenoxy) is 1. The molecule has 2 aromatic rings. The maximum Gasteiger partial charge on any atom is 0.331 e. The molecule has 0 radical (unpaired) electrons. The van der Waals surface area contributed by atoms with Crippen LogP contribution in [0.5, 0.6) is 0 Å². The van der Waals surface area contributed by atoms with Gasteiger partial charge in [0, 0.05) is 22.7 Å². The molecule has 0 saturated carbocycles. The Kier molecular flexibility index (Phi) is 6.89. The van der Waals surface area contributed by atoms with Crippen LogP contribution in [0.15, 0.2) is 53.0 Å². The molecule has 0 aromatic heterocycles. The molecule has 0 aliphatic rings. The molecule has 0 aliphatic carbocycles.